The third-order valence-electron chi connectivity index (χ3n) is 17.4. The van der Waals surface area contributed by atoms with Crippen LogP contribution in [0.3, 0.4) is 0 Å². The molecule has 0 radical (unpaired) electrons. The van der Waals surface area contributed by atoms with Crippen molar-refractivity contribution in [2.75, 3.05) is 0 Å². The topological polar surface area (TPSA) is 0 Å². The molecule has 0 unspecified atom stereocenters. The molecule has 0 aromatic rings. The molecule has 3 rings (SSSR count). The van der Waals surface area contributed by atoms with E-state index in [1.807, 2.05) is 0 Å². The average molecular weight is 855 g/mol. The summed E-state index contributed by atoms with van der Waals surface area (Å²) in [7, 11) is -4.84. The van der Waals surface area contributed by atoms with Crippen LogP contribution < -0.4 is 0 Å². The Morgan fingerprint density at radius 2 is 0.418 bits per heavy atom. The van der Waals surface area contributed by atoms with Gasteiger partial charge >= 0.3 is 359 Å². The fraction of sp³-hybridized carbons (Fsp3) is 1.00. The Morgan fingerprint density at radius 3 is 0.545 bits per heavy atom. The molecule has 0 spiro atoms. The summed E-state index contributed by atoms with van der Waals surface area (Å²) in [5.41, 5.74) is 0. The van der Waals surface area contributed by atoms with E-state index in [-0.39, 0.29) is 0 Å². The maximum absolute atomic E-state index is 2.58. The van der Waals surface area contributed by atoms with E-state index in [2.05, 4.69) is 62.3 Å². The first-order chi connectivity index (χ1) is 26.8. The predicted molar refractivity (Wildman–Crippen MR) is 258 cm³/mol. The summed E-state index contributed by atoms with van der Waals surface area (Å²) in [5.74, 6) is 0. The summed E-state index contributed by atoms with van der Waals surface area (Å²) in [4.78, 5) is 0. The van der Waals surface area contributed by atoms with Crippen LogP contribution in [-0.2, 0) is 14.1 Å². The molecule has 0 N–H and O–H groups in total. The second-order valence-corrected chi connectivity index (χ2v) is 42.1. The summed E-state index contributed by atoms with van der Waals surface area (Å²) in [5, 5.41) is 0. The van der Waals surface area contributed by atoms with Crippen LogP contribution in [0.2, 0.25) is 66.1 Å². The molecule has 0 amide bonds. The fourth-order valence-electron chi connectivity index (χ4n) is 14.6. The summed E-state index contributed by atoms with van der Waals surface area (Å²) in [6.07, 6.45) is 47.6. The second kappa shape index (κ2) is 25.8. The number of hydrogen-bond donors (Lipinski definition) is 0. The van der Waals surface area contributed by atoms with Crippen molar-refractivity contribution in [2.24, 2.45) is 0 Å². The Morgan fingerprint density at radius 1 is 0.273 bits per heavy atom. The monoisotopic (exact) mass is 854 g/mol. The minimum atomic E-state index is -1.61. The van der Waals surface area contributed by atoms with Gasteiger partial charge in [-0.15, -0.1) is 0 Å². The first-order valence-electron chi connectivity index (χ1n) is 26.5. The zero-order valence-electron chi connectivity index (χ0n) is 40.0. The molecule has 0 aromatic heterocycles. The van der Waals surface area contributed by atoms with Crippen LogP contribution >= 0.6 is 0 Å². The van der Waals surface area contributed by atoms with E-state index < -0.39 is 38.4 Å². The number of unbranched alkanes of at least 4 members (excludes halogenated alkanes) is 9. The molecule has 4 heteroatoms. The SMILES string of the molecule is CCCC[Si](CCCC)(CCCC)[C]1([Cr]([C]2([Si](CCCC)(CCCC)CCCC)CCCC2)[C]2([Si](CCCC)(CCCC)CCCC)CCCC2)CCCC1. The molecule has 0 saturated heterocycles. The van der Waals surface area contributed by atoms with E-state index in [0.717, 1.165) is 11.7 Å². The molecule has 0 atom stereocenters. The molecular formula is C51H105CrSi3. The van der Waals surface area contributed by atoms with Crippen LogP contribution in [0.1, 0.15) is 255 Å². The van der Waals surface area contributed by atoms with Gasteiger partial charge in [0.25, 0.3) is 0 Å². The van der Waals surface area contributed by atoms with Crippen LogP contribution in [0.25, 0.3) is 0 Å². The predicted octanol–water partition coefficient (Wildman–Crippen LogP) is 20.0. The Bertz CT molecular complexity index is 785. The van der Waals surface area contributed by atoms with Crippen molar-refractivity contribution in [1.29, 1.82) is 0 Å². The minimum absolute atomic E-state index is 0.854. The van der Waals surface area contributed by atoms with Gasteiger partial charge in [-0.25, -0.2) is 0 Å². The molecule has 3 saturated carbocycles. The maximum atomic E-state index is 2.58. The van der Waals surface area contributed by atoms with Crippen molar-refractivity contribution in [3.63, 3.8) is 0 Å². The van der Waals surface area contributed by atoms with Crippen LogP contribution in [0, 0.1) is 0 Å². The van der Waals surface area contributed by atoms with Gasteiger partial charge in [0.05, 0.1) is 0 Å². The normalized spacial score (nSPS) is 20.0. The second-order valence-electron chi connectivity index (χ2n) is 20.7. The van der Waals surface area contributed by atoms with E-state index in [9.17, 15) is 0 Å². The van der Waals surface area contributed by atoms with Gasteiger partial charge in [0.2, 0.25) is 0 Å². The van der Waals surface area contributed by atoms with Crippen LogP contribution in [0.4, 0.5) is 0 Å². The van der Waals surface area contributed by atoms with Gasteiger partial charge in [0, 0.05) is 0 Å². The van der Waals surface area contributed by atoms with E-state index >= 15 is 0 Å². The van der Waals surface area contributed by atoms with Crippen molar-refractivity contribution in [3.8, 4) is 0 Å². The third kappa shape index (κ3) is 11.2. The first-order valence-corrected chi connectivity index (χ1v) is 36.3. The number of hydrogen-bond acceptors (Lipinski definition) is 0. The molecule has 0 aromatic carbocycles. The molecule has 0 bridgehead atoms. The van der Waals surface area contributed by atoms with Crippen molar-refractivity contribution in [2.45, 2.75) is 321 Å². The van der Waals surface area contributed by atoms with Crippen LogP contribution in [0.15, 0.2) is 0 Å². The van der Waals surface area contributed by atoms with Gasteiger partial charge in [0.15, 0.2) is 0 Å². The van der Waals surface area contributed by atoms with Gasteiger partial charge in [-0.05, 0) is 0 Å². The summed E-state index contributed by atoms with van der Waals surface area (Å²) in [6, 6.07) is 15.7. The third-order valence-corrected chi connectivity index (χ3v) is 50.7. The van der Waals surface area contributed by atoms with E-state index in [1.54, 1.807) is 189 Å². The molecule has 3 aliphatic carbocycles. The van der Waals surface area contributed by atoms with Crippen molar-refractivity contribution < 1.29 is 14.1 Å². The van der Waals surface area contributed by atoms with Gasteiger partial charge < -0.3 is 0 Å². The van der Waals surface area contributed by atoms with Gasteiger partial charge in [-0.1, -0.05) is 0 Å². The summed E-state index contributed by atoms with van der Waals surface area (Å²) in [6.45, 7) is 23.3. The summed E-state index contributed by atoms with van der Waals surface area (Å²) < 4.78 is 2.56. The van der Waals surface area contributed by atoms with Gasteiger partial charge in [-0.3, -0.25) is 0 Å². The molecule has 0 nitrogen and oxygen atoms in total. The summed E-state index contributed by atoms with van der Waals surface area (Å²) >= 11 is -1.12. The van der Waals surface area contributed by atoms with Crippen LogP contribution in [-0.4, -0.2) is 24.2 Å². The Balaban J connectivity index is 2.69. The Labute approximate surface area is 357 Å². The van der Waals surface area contributed by atoms with Gasteiger partial charge in [0.1, 0.15) is 0 Å². The van der Waals surface area contributed by atoms with E-state index in [1.165, 1.54) is 57.8 Å². The zero-order chi connectivity index (χ0) is 40.2. The van der Waals surface area contributed by atoms with Crippen molar-refractivity contribution >= 4 is 24.2 Å². The van der Waals surface area contributed by atoms with E-state index in [4.69, 9.17) is 0 Å². The fourth-order valence-corrected chi connectivity index (χ4v) is 59.0. The number of rotatable bonds is 33. The molecule has 3 aliphatic rings. The molecule has 0 heterocycles. The van der Waals surface area contributed by atoms with Crippen molar-refractivity contribution in [1.82, 2.24) is 0 Å². The zero-order valence-corrected chi connectivity index (χ0v) is 44.3. The van der Waals surface area contributed by atoms with Crippen molar-refractivity contribution in [3.05, 3.63) is 0 Å². The molecule has 55 heavy (non-hydrogen) atoms. The molecular weight excluding hydrogens is 749 g/mol. The van der Waals surface area contributed by atoms with E-state index in [0.29, 0.717) is 0 Å². The Kier molecular flexibility index (Phi) is 23.7. The van der Waals surface area contributed by atoms with Crippen LogP contribution in [0.5, 0.6) is 0 Å². The molecule has 327 valence electrons. The average Bonchev–Trinajstić information content (AvgIpc) is 4.02. The molecule has 3 fully saturated rings. The molecule has 0 aliphatic heterocycles. The van der Waals surface area contributed by atoms with Gasteiger partial charge in [-0.2, -0.15) is 0 Å². The first kappa shape index (κ1) is 50.5. The Hall–Kier alpha value is 1.18. The quantitative estimate of drug-likeness (QED) is 0.0577. The standard InChI is InChI=1S/3C17H35Si.Cr/c3*1-4-7-14-18(15-8-5-2,16-9-6-3)17-12-10-11-13-17;/h3*4-16H2,1-3H3;.